The lowest BCUT2D eigenvalue weighted by molar-refractivity contribution is -0.118. The molecule has 0 fully saturated rings. The van der Waals surface area contributed by atoms with Crippen LogP contribution < -0.4 is 4.90 Å². The van der Waals surface area contributed by atoms with Gasteiger partial charge >= 0.3 is 0 Å². The average Bonchev–Trinajstić information content (AvgIpc) is 3.16. The van der Waals surface area contributed by atoms with Crippen molar-refractivity contribution in [3.63, 3.8) is 0 Å². The molecule has 2 heterocycles. The van der Waals surface area contributed by atoms with Crippen molar-refractivity contribution in [2.75, 3.05) is 4.90 Å². The molecule has 1 amide bonds. The van der Waals surface area contributed by atoms with Gasteiger partial charge in [0.15, 0.2) is 5.13 Å². The van der Waals surface area contributed by atoms with E-state index < -0.39 is 0 Å². The van der Waals surface area contributed by atoms with Gasteiger partial charge in [-0.2, -0.15) is 0 Å². The zero-order valence-electron chi connectivity index (χ0n) is 16.2. The van der Waals surface area contributed by atoms with E-state index in [0.29, 0.717) is 23.1 Å². The molecular weight excluding hydrogens is 402 g/mol. The summed E-state index contributed by atoms with van der Waals surface area (Å²) in [5, 5.41) is 1.34. The predicted octanol–water partition coefficient (Wildman–Crippen LogP) is 5.74. The van der Waals surface area contributed by atoms with Crippen molar-refractivity contribution >= 4 is 44.2 Å². The van der Waals surface area contributed by atoms with Crippen molar-refractivity contribution < 1.29 is 4.79 Å². The lowest BCUT2D eigenvalue weighted by Gasteiger charge is -2.19. The molecule has 0 atom stereocenters. The summed E-state index contributed by atoms with van der Waals surface area (Å²) < 4.78 is 1.01. The van der Waals surface area contributed by atoms with E-state index in [1.807, 2.05) is 68.4 Å². The summed E-state index contributed by atoms with van der Waals surface area (Å²) in [5.74, 6) is -0.0117. The molecule has 0 N–H and O–H groups in total. The maximum atomic E-state index is 13.3. The van der Waals surface area contributed by atoms with E-state index in [0.717, 1.165) is 27.0 Å². The van der Waals surface area contributed by atoms with Crippen molar-refractivity contribution in [2.45, 2.75) is 26.8 Å². The van der Waals surface area contributed by atoms with Gasteiger partial charge in [-0.05, 0) is 49.2 Å². The molecule has 0 bridgehead atoms. The number of halogens is 1. The maximum absolute atomic E-state index is 13.3. The highest BCUT2D eigenvalue weighted by molar-refractivity contribution is 7.22. The molecular formula is C23H20ClN3OS. The van der Waals surface area contributed by atoms with Gasteiger partial charge < -0.3 is 0 Å². The predicted molar refractivity (Wildman–Crippen MR) is 120 cm³/mol. The van der Waals surface area contributed by atoms with Crippen LogP contribution in [0, 0.1) is 13.8 Å². The van der Waals surface area contributed by atoms with Crippen molar-refractivity contribution in [3.8, 4) is 0 Å². The maximum Gasteiger partial charge on any atom is 0.233 e. The van der Waals surface area contributed by atoms with Crippen molar-refractivity contribution in [3.05, 3.63) is 88.2 Å². The molecule has 0 saturated heterocycles. The summed E-state index contributed by atoms with van der Waals surface area (Å²) in [5.41, 5.74) is 4.73. The standard InChI is InChI=1S/C23H20ClN3OS/c1-15-6-8-17(9-7-15)13-21(28)27(14-18-5-3-4-12-25-18)23-26-22-16(2)19(24)10-11-20(22)29-23/h3-12H,13-14H2,1-2H3. The average molecular weight is 422 g/mol. The van der Waals surface area contributed by atoms with Crippen molar-refractivity contribution in [1.82, 2.24) is 9.97 Å². The summed E-state index contributed by atoms with van der Waals surface area (Å²) >= 11 is 7.76. The van der Waals surface area contributed by atoms with E-state index in [1.54, 1.807) is 11.1 Å². The molecule has 4 nitrogen and oxygen atoms in total. The Morgan fingerprint density at radius 2 is 1.86 bits per heavy atom. The molecule has 146 valence electrons. The van der Waals surface area contributed by atoms with Crippen molar-refractivity contribution in [2.24, 2.45) is 0 Å². The van der Waals surface area contributed by atoms with Crippen LogP contribution in [-0.2, 0) is 17.8 Å². The number of rotatable bonds is 5. The number of hydrogen-bond acceptors (Lipinski definition) is 4. The Hall–Kier alpha value is -2.76. The molecule has 4 rings (SSSR count). The number of amides is 1. The molecule has 0 unspecified atom stereocenters. The molecule has 4 aromatic rings. The number of nitrogens with zero attached hydrogens (tertiary/aromatic N) is 3. The molecule has 0 aliphatic heterocycles. The smallest absolute Gasteiger partial charge is 0.233 e. The number of benzene rings is 2. The first-order valence-electron chi connectivity index (χ1n) is 9.33. The molecule has 6 heteroatoms. The van der Waals surface area contributed by atoms with E-state index in [-0.39, 0.29) is 5.91 Å². The molecule has 2 aromatic heterocycles. The normalized spacial score (nSPS) is 11.0. The second kappa shape index (κ2) is 8.31. The Morgan fingerprint density at radius 3 is 2.59 bits per heavy atom. The van der Waals surface area contributed by atoms with Gasteiger partial charge in [-0.25, -0.2) is 4.98 Å². The third-order valence-corrected chi connectivity index (χ3v) is 6.24. The summed E-state index contributed by atoms with van der Waals surface area (Å²) in [4.78, 5) is 24.1. The van der Waals surface area contributed by atoms with Crippen LogP contribution in [0.2, 0.25) is 5.02 Å². The monoisotopic (exact) mass is 421 g/mol. The third kappa shape index (κ3) is 4.31. The van der Waals surface area contributed by atoms with E-state index in [9.17, 15) is 4.79 Å². The highest BCUT2D eigenvalue weighted by atomic mass is 35.5. The van der Waals surface area contributed by atoms with Gasteiger partial charge in [-0.15, -0.1) is 0 Å². The molecule has 0 radical (unpaired) electrons. The van der Waals surface area contributed by atoms with Crippen LogP contribution in [0.25, 0.3) is 10.2 Å². The van der Waals surface area contributed by atoms with Gasteiger partial charge in [0.1, 0.15) is 0 Å². The van der Waals surface area contributed by atoms with Crippen LogP contribution in [-0.4, -0.2) is 15.9 Å². The van der Waals surface area contributed by atoms with Gasteiger partial charge in [-0.1, -0.05) is 58.8 Å². The molecule has 29 heavy (non-hydrogen) atoms. The lowest BCUT2D eigenvalue weighted by Crippen LogP contribution is -2.32. The zero-order chi connectivity index (χ0) is 20.4. The van der Waals surface area contributed by atoms with Crippen LogP contribution in [0.15, 0.2) is 60.8 Å². The van der Waals surface area contributed by atoms with Gasteiger partial charge in [-0.3, -0.25) is 14.7 Å². The first-order chi connectivity index (χ1) is 14.0. The van der Waals surface area contributed by atoms with Crippen LogP contribution in [0.3, 0.4) is 0 Å². The Bertz CT molecular complexity index is 1160. The first kappa shape index (κ1) is 19.6. The number of aryl methyl sites for hydroxylation is 2. The number of pyridine rings is 1. The summed E-state index contributed by atoms with van der Waals surface area (Å²) in [6.45, 7) is 4.36. The van der Waals surface area contributed by atoms with Crippen LogP contribution >= 0.6 is 22.9 Å². The molecule has 0 aliphatic rings. The number of carbonyl (C=O) groups is 1. The SMILES string of the molecule is Cc1ccc(CC(=O)N(Cc2ccccn2)c2nc3c(C)c(Cl)ccc3s2)cc1. The van der Waals surface area contributed by atoms with Crippen LogP contribution in [0.5, 0.6) is 0 Å². The minimum atomic E-state index is -0.0117. The zero-order valence-corrected chi connectivity index (χ0v) is 17.8. The Kier molecular flexibility index (Phi) is 5.60. The fraction of sp³-hybridized carbons (Fsp3) is 0.174. The largest absolute Gasteiger partial charge is 0.282 e. The van der Waals surface area contributed by atoms with Gasteiger partial charge in [0.2, 0.25) is 5.91 Å². The lowest BCUT2D eigenvalue weighted by atomic mass is 10.1. The third-order valence-electron chi connectivity index (χ3n) is 4.79. The second-order valence-electron chi connectivity index (χ2n) is 6.98. The van der Waals surface area contributed by atoms with Crippen molar-refractivity contribution in [1.29, 1.82) is 0 Å². The quantitative estimate of drug-likeness (QED) is 0.413. The number of aromatic nitrogens is 2. The summed E-state index contributed by atoms with van der Waals surface area (Å²) in [7, 11) is 0. The Balaban J connectivity index is 1.70. The van der Waals surface area contributed by atoms with Gasteiger partial charge in [0.05, 0.1) is 28.9 Å². The summed E-state index contributed by atoms with van der Waals surface area (Å²) in [6, 6.07) is 17.6. The van der Waals surface area contributed by atoms with Gasteiger partial charge in [0.25, 0.3) is 0 Å². The number of fused-ring (bicyclic) bond motifs is 1. The molecule has 0 spiro atoms. The Labute approximate surface area is 178 Å². The fourth-order valence-corrected chi connectivity index (χ4v) is 4.29. The summed E-state index contributed by atoms with van der Waals surface area (Å²) in [6.07, 6.45) is 2.04. The highest BCUT2D eigenvalue weighted by Crippen LogP contribution is 2.34. The van der Waals surface area contributed by atoms with Crippen LogP contribution in [0.4, 0.5) is 5.13 Å². The van der Waals surface area contributed by atoms with Gasteiger partial charge in [0, 0.05) is 11.2 Å². The Morgan fingerprint density at radius 1 is 1.07 bits per heavy atom. The first-order valence-corrected chi connectivity index (χ1v) is 10.5. The number of anilines is 1. The van der Waals surface area contributed by atoms with E-state index >= 15 is 0 Å². The highest BCUT2D eigenvalue weighted by Gasteiger charge is 2.22. The van der Waals surface area contributed by atoms with E-state index in [2.05, 4.69) is 4.98 Å². The minimum Gasteiger partial charge on any atom is -0.282 e. The number of carbonyl (C=O) groups excluding carboxylic acids is 1. The topological polar surface area (TPSA) is 46.1 Å². The van der Waals surface area contributed by atoms with Crippen LogP contribution in [0.1, 0.15) is 22.4 Å². The molecule has 0 aliphatic carbocycles. The van der Waals surface area contributed by atoms with E-state index in [4.69, 9.17) is 16.6 Å². The minimum absolute atomic E-state index is 0.0117. The number of hydrogen-bond donors (Lipinski definition) is 0. The molecule has 0 saturated carbocycles. The second-order valence-corrected chi connectivity index (χ2v) is 8.40. The molecule has 2 aromatic carbocycles. The fourth-order valence-electron chi connectivity index (χ4n) is 3.10. The van der Waals surface area contributed by atoms with E-state index in [1.165, 1.54) is 16.9 Å². The number of thiazole rings is 1.